The SMILES string of the molecule is CCCNc1nc(C)nc(SCc2cccc(C)c2)c1C. The van der Waals surface area contributed by atoms with Gasteiger partial charge >= 0.3 is 0 Å². The largest absolute Gasteiger partial charge is 0.370 e. The quantitative estimate of drug-likeness (QED) is 0.629. The number of nitrogens with zero attached hydrogens (tertiary/aromatic N) is 2. The Morgan fingerprint density at radius 1 is 1.14 bits per heavy atom. The zero-order valence-electron chi connectivity index (χ0n) is 13.2. The van der Waals surface area contributed by atoms with Crippen molar-refractivity contribution in [2.24, 2.45) is 0 Å². The Morgan fingerprint density at radius 3 is 2.67 bits per heavy atom. The van der Waals surface area contributed by atoms with Crippen molar-refractivity contribution in [3.8, 4) is 0 Å². The predicted octanol–water partition coefficient (Wildman–Crippen LogP) is 4.52. The van der Waals surface area contributed by atoms with E-state index in [1.165, 1.54) is 11.1 Å². The Bertz CT molecular complexity index is 611. The molecular weight excluding hydrogens is 278 g/mol. The second-order valence-corrected chi connectivity index (χ2v) is 6.22. The van der Waals surface area contributed by atoms with E-state index in [1.54, 1.807) is 11.8 Å². The molecule has 0 atom stereocenters. The third-order valence-corrected chi connectivity index (χ3v) is 4.36. The molecule has 4 heteroatoms. The molecule has 0 aliphatic rings. The lowest BCUT2D eigenvalue weighted by Crippen LogP contribution is -2.07. The molecule has 2 aromatic rings. The summed E-state index contributed by atoms with van der Waals surface area (Å²) in [5.74, 6) is 2.73. The summed E-state index contributed by atoms with van der Waals surface area (Å²) in [7, 11) is 0. The number of nitrogens with one attached hydrogen (secondary N) is 1. The predicted molar refractivity (Wildman–Crippen MR) is 91.0 cm³/mol. The van der Waals surface area contributed by atoms with Crippen molar-refractivity contribution in [1.82, 2.24) is 9.97 Å². The van der Waals surface area contributed by atoms with E-state index in [4.69, 9.17) is 0 Å². The number of aryl methyl sites for hydroxylation is 2. The van der Waals surface area contributed by atoms with E-state index in [0.717, 1.165) is 41.0 Å². The molecule has 0 saturated heterocycles. The summed E-state index contributed by atoms with van der Waals surface area (Å²) in [6.07, 6.45) is 1.09. The first-order valence-electron chi connectivity index (χ1n) is 7.37. The van der Waals surface area contributed by atoms with Crippen LogP contribution in [0.25, 0.3) is 0 Å². The lowest BCUT2D eigenvalue weighted by Gasteiger charge is -2.12. The van der Waals surface area contributed by atoms with Crippen molar-refractivity contribution in [3.05, 3.63) is 46.8 Å². The van der Waals surface area contributed by atoms with E-state index in [0.29, 0.717) is 0 Å². The van der Waals surface area contributed by atoms with E-state index in [1.807, 2.05) is 6.92 Å². The molecule has 1 aromatic carbocycles. The summed E-state index contributed by atoms with van der Waals surface area (Å²) in [4.78, 5) is 9.10. The topological polar surface area (TPSA) is 37.8 Å². The maximum absolute atomic E-state index is 4.59. The average Bonchev–Trinajstić information content (AvgIpc) is 2.46. The van der Waals surface area contributed by atoms with Gasteiger partial charge in [0.1, 0.15) is 16.7 Å². The lowest BCUT2D eigenvalue weighted by atomic mass is 10.2. The number of aromatic nitrogens is 2. The van der Waals surface area contributed by atoms with Crippen molar-refractivity contribution < 1.29 is 0 Å². The van der Waals surface area contributed by atoms with Gasteiger partial charge in [-0.2, -0.15) is 0 Å². The highest BCUT2D eigenvalue weighted by Gasteiger charge is 2.09. The Kier molecular flexibility index (Phi) is 5.62. The van der Waals surface area contributed by atoms with Gasteiger partial charge in [-0.05, 0) is 32.8 Å². The summed E-state index contributed by atoms with van der Waals surface area (Å²) in [5, 5.41) is 4.46. The van der Waals surface area contributed by atoms with Crippen molar-refractivity contribution in [2.75, 3.05) is 11.9 Å². The third kappa shape index (κ3) is 4.46. The summed E-state index contributed by atoms with van der Waals surface area (Å²) in [5.41, 5.74) is 3.78. The third-order valence-electron chi connectivity index (χ3n) is 3.21. The standard InChI is InChI=1S/C17H23N3S/c1-5-9-18-16-13(3)17(20-14(4)19-16)21-11-15-8-6-7-12(2)10-15/h6-8,10H,5,9,11H2,1-4H3,(H,18,19,20). The molecule has 0 unspecified atom stereocenters. The van der Waals surface area contributed by atoms with Crippen LogP contribution in [0.1, 0.15) is 35.9 Å². The lowest BCUT2D eigenvalue weighted by molar-refractivity contribution is 0.908. The Hall–Kier alpha value is -1.55. The van der Waals surface area contributed by atoms with Gasteiger partial charge in [-0.3, -0.25) is 0 Å². The van der Waals surface area contributed by atoms with Crippen LogP contribution in [0.2, 0.25) is 0 Å². The van der Waals surface area contributed by atoms with Gasteiger partial charge in [0, 0.05) is 17.9 Å². The monoisotopic (exact) mass is 301 g/mol. The molecule has 0 saturated carbocycles. The van der Waals surface area contributed by atoms with Gasteiger partial charge in [-0.1, -0.05) is 36.8 Å². The maximum Gasteiger partial charge on any atom is 0.133 e. The summed E-state index contributed by atoms with van der Waals surface area (Å²) >= 11 is 1.78. The van der Waals surface area contributed by atoms with Gasteiger partial charge in [0.25, 0.3) is 0 Å². The van der Waals surface area contributed by atoms with E-state index in [-0.39, 0.29) is 0 Å². The molecule has 0 radical (unpaired) electrons. The minimum absolute atomic E-state index is 0.825. The molecule has 0 aliphatic heterocycles. The highest BCUT2D eigenvalue weighted by molar-refractivity contribution is 7.98. The molecule has 0 bridgehead atoms. The van der Waals surface area contributed by atoms with Crippen molar-refractivity contribution >= 4 is 17.6 Å². The first-order valence-corrected chi connectivity index (χ1v) is 8.36. The molecule has 0 fully saturated rings. The van der Waals surface area contributed by atoms with Gasteiger partial charge in [-0.15, -0.1) is 11.8 Å². The Morgan fingerprint density at radius 2 is 1.95 bits per heavy atom. The molecule has 3 nitrogen and oxygen atoms in total. The number of benzene rings is 1. The first-order chi connectivity index (χ1) is 10.1. The fourth-order valence-electron chi connectivity index (χ4n) is 2.11. The van der Waals surface area contributed by atoms with Crippen molar-refractivity contribution in [2.45, 2.75) is 44.9 Å². The van der Waals surface area contributed by atoms with Crippen molar-refractivity contribution in [1.29, 1.82) is 0 Å². The number of anilines is 1. The van der Waals surface area contributed by atoms with Crippen LogP contribution in [0.15, 0.2) is 29.3 Å². The van der Waals surface area contributed by atoms with Crippen LogP contribution in [0.5, 0.6) is 0 Å². The number of hydrogen-bond donors (Lipinski definition) is 1. The second-order valence-electron chi connectivity index (χ2n) is 5.25. The molecule has 2 rings (SSSR count). The van der Waals surface area contributed by atoms with Crippen LogP contribution in [-0.4, -0.2) is 16.5 Å². The molecule has 0 spiro atoms. The summed E-state index contributed by atoms with van der Waals surface area (Å²) in [6.45, 7) is 9.27. The molecule has 21 heavy (non-hydrogen) atoms. The smallest absolute Gasteiger partial charge is 0.133 e. The van der Waals surface area contributed by atoms with Crippen LogP contribution in [0.3, 0.4) is 0 Å². The number of thioether (sulfide) groups is 1. The van der Waals surface area contributed by atoms with E-state index >= 15 is 0 Å². The fraction of sp³-hybridized carbons (Fsp3) is 0.412. The van der Waals surface area contributed by atoms with Gasteiger partial charge in [0.05, 0.1) is 0 Å². The van der Waals surface area contributed by atoms with Crippen molar-refractivity contribution in [3.63, 3.8) is 0 Å². The van der Waals surface area contributed by atoms with Crippen LogP contribution in [-0.2, 0) is 5.75 Å². The van der Waals surface area contributed by atoms with Gasteiger partial charge in [0.15, 0.2) is 0 Å². The van der Waals surface area contributed by atoms with Crippen LogP contribution >= 0.6 is 11.8 Å². The zero-order chi connectivity index (χ0) is 15.2. The zero-order valence-corrected chi connectivity index (χ0v) is 14.0. The Balaban J connectivity index is 2.14. The minimum atomic E-state index is 0.825. The highest BCUT2D eigenvalue weighted by Crippen LogP contribution is 2.28. The molecular formula is C17H23N3S. The summed E-state index contributed by atoms with van der Waals surface area (Å²) < 4.78 is 0. The molecule has 112 valence electrons. The fourth-order valence-corrected chi connectivity index (χ4v) is 3.11. The molecule has 1 N–H and O–H groups in total. The molecule has 1 aromatic heterocycles. The van der Waals surface area contributed by atoms with E-state index in [2.05, 4.69) is 60.3 Å². The molecule has 0 aliphatic carbocycles. The maximum atomic E-state index is 4.59. The number of rotatable bonds is 6. The van der Waals surface area contributed by atoms with Crippen LogP contribution < -0.4 is 5.32 Å². The number of hydrogen-bond acceptors (Lipinski definition) is 4. The highest BCUT2D eigenvalue weighted by atomic mass is 32.2. The van der Waals surface area contributed by atoms with Gasteiger partial charge < -0.3 is 5.32 Å². The normalized spacial score (nSPS) is 10.7. The minimum Gasteiger partial charge on any atom is -0.370 e. The van der Waals surface area contributed by atoms with Crippen LogP contribution in [0, 0.1) is 20.8 Å². The first kappa shape index (κ1) is 15.8. The van der Waals surface area contributed by atoms with Gasteiger partial charge in [-0.25, -0.2) is 9.97 Å². The Labute approximate surface area is 131 Å². The van der Waals surface area contributed by atoms with E-state index < -0.39 is 0 Å². The molecule has 0 amide bonds. The molecule has 1 heterocycles. The van der Waals surface area contributed by atoms with E-state index in [9.17, 15) is 0 Å². The van der Waals surface area contributed by atoms with Crippen LogP contribution in [0.4, 0.5) is 5.82 Å². The second kappa shape index (κ2) is 7.46. The summed E-state index contributed by atoms with van der Waals surface area (Å²) in [6, 6.07) is 8.63. The van der Waals surface area contributed by atoms with Gasteiger partial charge in [0.2, 0.25) is 0 Å². The average molecular weight is 301 g/mol.